The first kappa shape index (κ1) is 19.9. The van der Waals surface area contributed by atoms with Crippen molar-refractivity contribution in [3.05, 3.63) is 59.1 Å². The number of hydrogen-bond donors (Lipinski definition) is 2. The molecule has 5 nitrogen and oxygen atoms in total. The van der Waals surface area contributed by atoms with Crippen LogP contribution in [-0.2, 0) is 11.3 Å². The van der Waals surface area contributed by atoms with Crippen molar-refractivity contribution in [2.75, 3.05) is 32.1 Å². The molecule has 2 heterocycles. The molecule has 1 saturated heterocycles. The van der Waals surface area contributed by atoms with E-state index in [-0.39, 0.29) is 5.91 Å². The van der Waals surface area contributed by atoms with Gasteiger partial charge in [-0.25, -0.2) is 4.98 Å². The number of carbonyl (C=O) groups excluding carboxylic acids is 1. The number of nitrogens with one attached hydrogen (secondary N) is 2. The Labute approximate surface area is 176 Å². The zero-order valence-electron chi connectivity index (χ0n) is 17.1. The number of carbonyl (C=O) groups is 1. The zero-order valence-corrected chi connectivity index (χ0v) is 18.0. The number of hydrogen-bond acceptors (Lipinski definition) is 4. The van der Waals surface area contributed by atoms with Gasteiger partial charge >= 0.3 is 0 Å². The minimum Gasteiger partial charge on any atom is -0.378 e. The summed E-state index contributed by atoms with van der Waals surface area (Å²) in [5, 5.41) is 4.28. The second kappa shape index (κ2) is 8.93. The van der Waals surface area contributed by atoms with Gasteiger partial charge in [-0.2, -0.15) is 0 Å². The first-order valence-corrected chi connectivity index (χ1v) is 11.1. The summed E-state index contributed by atoms with van der Waals surface area (Å²) in [4.78, 5) is 20.9. The van der Waals surface area contributed by atoms with Crippen LogP contribution in [0.1, 0.15) is 35.9 Å². The third-order valence-electron chi connectivity index (χ3n) is 5.67. The number of fused-ring (bicyclic) bond motifs is 1. The van der Waals surface area contributed by atoms with E-state index in [2.05, 4.69) is 52.7 Å². The maximum absolute atomic E-state index is 12.7. The molecule has 1 aromatic heterocycles. The number of thiazole rings is 1. The van der Waals surface area contributed by atoms with Crippen molar-refractivity contribution < 1.29 is 9.69 Å². The number of benzene rings is 2. The van der Waals surface area contributed by atoms with E-state index in [1.807, 2.05) is 20.2 Å². The average Bonchev–Trinajstić information content (AvgIpc) is 3.17. The van der Waals surface area contributed by atoms with Gasteiger partial charge in [-0.3, -0.25) is 4.79 Å². The lowest BCUT2D eigenvalue weighted by Gasteiger charge is -2.30. The number of quaternary nitrogens is 1. The number of rotatable bonds is 6. The molecule has 0 radical (unpaired) electrons. The SMILES string of the molecule is CN(C)c1ccc(CNC(=O)C[NH+]2CCCC[C@@H]2c2nc3ccccc3s2)cc1. The topological polar surface area (TPSA) is 49.7 Å². The van der Waals surface area contributed by atoms with E-state index in [1.165, 1.54) is 27.4 Å². The normalized spacial score (nSPS) is 19.2. The van der Waals surface area contributed by atoms with Gasteiger partial charge in [0, 0.05) is 32.7 Å². The van der Waals surface area contributed by atoms with Crippen LogP contribution in [0, 0.1) is 0 Å². The Morgan fingerprint density at radius 1 is 1.17 bits per heavy atom. The molecule has 0 bridgehead atoms. The minimum atomic E-state index is 0.115. The molecule has 2 aromatic carbocycles. The fraction of sp³-hybridized carbons (Fsp3) is 0.391. The number of likely N-dealkylation sites (tertiary alicyclic amines) is 1. The van der Waals surface area contributed by atoms with Crippen LogP contribution in [-0.4, -0.2) is 38.1 Å². The van der Waals surface area contributed by atoms with Crippen molar-refractivity contribution in [2.45, 2.75) is 31.8 Å². The van der Waals surface area contributed by atoms with Crippen molar-refractivity contribution in [2.24, 2.45) is 0 Å². The van der Waals surface area contributed by atoms with Crippen molar-refractivity contribution in [3.8, 4) is 0 Å². The highest BCUT2D eigenvalue weighted by Crippen LogP contribution is 2.28. The van der Waals surface area contributed by atoms with Crippen LogP contribution in [0.3, 0.4) is 0 Å². The highest BCUT2D eigenvalue weighted by atomic mass is 32.1. The molecule has 0 saturated carbocycles. The summed E-state index contributed by atoms with van der Waals surface area (Å²) in [6, 6.07) is 17.0. The molecular formula is C23H29N4OS+. The van der Waals surface area contributed by atoms with Crippen LogP contribution in [0.15, 0.2) is 48.5 Å². The van der Waals surface area contributed by atoms with E-state index in [1.54, 1.807) is 11.3 Å². The number of anilines is 1. The fourth-order valence-electron chi connectivity index (χ4n) is 4.01. The summed E-state index contributed by atoms with van der Waals surface area (Å²) in [5.74, 6) is 0.115. The van der Waals surface area contributed by atoms with E-state index >= 15 is 0 Å². The second-order valence-electron chi connectivity index (χ2n) is 7.99. The Morgan fingerprint density at radius 3 is 2.72 bits per heavy atom. The molecule has 1 amide bonds. The predicted octanol–water partition coefficient (Wildman–Crippen LogP) is 2.79. The lowest BCUT2D eigenvalue weighted by molar-refractivity contribution is -0.929. The van der Waals surface area contributed by atoms with Crippen molar-refractivity contribution in [1.29, 1.82) is 0 Å². The summed E-state index contributed by atoms with van der Waals surface area (Å²) < 4.78 is 1.23. The van der Waals surface area contributed by atoms with E-state index in [0.717, 1.165) is 29.7 Å². The number of piperidine rings is 1. The van der Waals surface area contributed by atoms with Gasteiger partial charge in [-0.1, -0.05) is 24.3 Å². The molecule has 4 rings (SSSR count). The summed E-state index contributed by atoms with van der Waals surface area (Å²) in [7, 11) is 4.06. The summed E-state index contributed by atoms with van der Waals surface area (Å²) in [6.45, 7) is 2.12. The number of para-hydroxylation sites is 1. The van der Waals surface area contributed by atoms with Crippen LogP contribution in [0.5, 0.6) is 0 Å². The van der Waals surface area contributed by atoms with Gasteiger partial charge in [0.15, 0.2) is 11.6 Å². The summed E-state index contributed by atoms with van der Waals surface area (Å²) in [6.07, 6.45) is 3.49. The third kappa shape index (κ3) is 4.77. The maximum Gasteiger partial charge on any atom is 0.275 e. The smallest absolute Gasteiger partial charge is 0.275 e. The number of amides is 1. The Hall–Kier alpha value is -2.44. The number of aromatic nitrogens is 1. The summed E-state index contributed by atoms with van der Waals surface area (Å²) >= 11 is 1.78. The van der Waals surface area contributed by atoms with Gasteiger partial charge in [-0.15, -0.1) is 11.3 Å². The Kier molecular flexibility index (Phi) is 6.11. The standard InChI is InChI=1S/C23H28N4OS/c1-26(2)18-12-10-17(11-13-18)15-24-22(28)16-27-14-6-5-8-20(27)23-25-19-7-3-4-9-21(19)29-23/h3-4,7,9-13,20H,5-6,8,14-16H2,1-2H3,(H,24,28)/p+1/t20-/m1/s1. The molecule has 1 aliphatic rings. The summed E-state index contributed by atoms with van der Waals surface area (Å²) in [5.41, 5.74) is 3.36. The van der Waals surface area contributed by atoms with E-state index in [9.17, 15) is 4.79 Å². The Morgan fingerprint density at radius 2 is 1.97 bits per heavy atom. The minimum absolute atomic E-state index is 0.115. The molecule has 1 unspecified atom stereocenters. The van der Waals surface area contributed by atoms with Crippen LogP contribution in [0.25, 0.3) is 10.2 Å². The van der Waals surface area contributed by atoms with Crippen LogP contribution in [0.4, 0.5) is 5.69 Å². The molecule has 0 spiro atoms. The highest BCUT2D eigenvalue weighted by Gasteiger charge is 2.31. The second-order valence-corrected chi connectivity index (χ2v) is 9.05. The van der Waals surface area contributed by atoms with Gasteiger partial charge < -0.3 is 15.1 Å². The van der Waals surface area contributed by atoms with Crippen LogP contribution in [0.2, 0.25) is 0 Å². The van der Waals surface area contributed by atoms with Crippen LogP contribution < -0.4 is 15.1 Å². The van der Waals surface area contributed by atoms with Gasteiger partial charge in [-0.05, 0) is 42.7 Å². The Bertz CT molecular complexity index is 933. The van der Waals surface area contributed by atoms with E-state index in [0.29, 0.717) is 19.1 Å². The molecular weight excluding hydrogens is 380 g/mol. The first-order valence-electron chi connectivity index (χ1n) is 10.3. The fourth-order valence-corrected chi connectivity index (χ4v) is 5.17. The molecule has 152 valence electrons. The molecule has 29 heavy (non-hydrogen) atoms. The van der Waals surface area contributed by atoms with Gasteiger partial charge in [0.1, 0.15) is 6.04 Å². The van der Waals surface area contributed by atoms with Crippen molar-refractivity contribution in [3.63, 3.8) is 0 Å². The molecule has 1 fully saturated rings. The van der Waals surface area contributed by atoms with E-state index < -0.39 is 0 Å². The molecule has 0 aliphatic carbocycles. The highest BCUT2D eigenvalue weighted by molar-refractivity contribution is 7.18. The quantitative estimate of drug-likeness (QED) is 0.658. The molecule has 1 aliphatic heterocycles. The van der Waals surface area contributed by atoms with E-state index in [4.69, 9.17) is 4.98 Å². The molecule has 3 aromatic rings. The van der Waals surface area contributed by atoms with Crippen LogP contribution >= 0.6 is 11.3 Å². The largest absolute Gasteiger partial charge is 0.378 e. The van der Waals surface area contributed by atoms with Gasteiger partial charge in [0.05, 0.1) is 16.8 Å². The lowest BCUT2D eigenvalue weighted by Crippen LogP contribution is -3.14. The number of nitrogens with zero attached hydrogens (tertiary/aromatic N) is 2. The maximum atomic E-state index is 12.7. The lowest BCUT2D eigenvalue weighted by atomic mass is 10.0. The van der Waals surface area contributed by atoms with Crippen molar-refractivity contribution >= 4 is 33.1 Å². The monoisotopic (exact) mass is 409 g/mol. The molecule has 2 N–H and O–H groups in total. The van der Waals surface area contributed by atoms with Gasteiger partial charge in [0.2, 0.25) is 0 Å². The molecule has 2 atom stereocenters. The third-order valence-corrected chi connectivity index (χ3v) is 6.82. The van der Waals surface area contributed by atoms with Gasteiger partial charge in [0.25, 0.3) is 5.91 Å². The molecule has 6 heteroatoms. The zero-order chi connectivity index (χ0) is 20.2. The first-order chi connectivity index (χ1) is 14.1. The average molecular weight is 410 g/mol. The predicted molar refractivity (Wildman–Crippen MR) is 120 cm³/mol. The van der Waals surface area contributed by atoms with Crippen molar-refractivity contribution in [1.82, 2.24) is 10.3 Å². The Balaban J connectivity index is 1.38.